The standard InChI is InChI=1S/C18H18ClN3O4/c1-25-15-8-16(26-2)14(7-13(15)19)22-10-11(6-17(22)23)18(24)21-12-4-3-5-20-9-12/h3-5,7-9,11H,6,10H2,1-2H3,(H,21,24). The van der Waals surface area contributed by atoms with E-state index < -0.39 is 5.92 Å². The Kier molecular flexibility index (Phi) is 5.27. The van der Waals surface area contributed by atoms with Gasteiger partial charge >= 0.3 is 0 Å². The highest BCUT2D eigenvalue weighted by Gasteiger charge is 2.36. The number of ether oxygens (including phenoxy) is 2. The zero-order valence-corrected chi connectivity index (χ0v) is 15.1. The number of hydrogen-bond donors (Lipinski definition) is 1. The summed E-state index contributed by atoms with van der Waals surface area (Å²) in [7, 11) is 3.00. The summed E-state index contributed by atoms with van der Waals surface area (Å²) < 4.78 is 10.5. The number of hydrogen-bond acceptors (Lipinski definition) is 5. The molecule has 0 aliphatic carbocycles. The minimum atomic E-state index is -0.478. The first-order valence-corrected chi connectivity index (χ1v) is 8.34. The number of amides is 2. The molecule has 0 bridgehead atoms. The van der Waals surface area contributed by atoms with Gasteiger partial charge in [0.25, 0.3) is 0 Å². The second-order valence-electron chi connectivity index (χ2n) is 5.79. The number of carbonyl (C=O) groups is 2. The van der Waals surface area contributed by atoms with Crippen molar-refractivity contribution in [3.05, 3.63) is 41.7 Å². The Hall–Kier alpha value is -2.80. The minimum Gasteiger partial charge on any atom is -0.495 e. The highest BCUT2D eigenvalue weighted by atomic mass is 35.5. The fourth-order valence-electron chi connectivity index (χ4n) is 2.85. The number of nitrogens with zero attached hydrogens (tertiary/aromatic N) is 2. The largest absolute Gasteiger partial charge is 0.495 e. The van der Waals surface area contributed by atoms with Gasteiger partial charge in [-0.3, -0.25) is 14.6 Å². The van der Waals surface area contributed by atoms with Crippen LogP contribution in [0, 0.1) is 5.92 Å². The third-order valence-electron chi connectivity index (χ3n) is 4.17. The van der Waals surface area contributed by atoms with Crippen molar-refractivity contribution in [3.63, 3.8) is 0 Å². The number of nitrogens with one attached hydrogen (secondary N) is 1. The number of aromatic nitrogens is 1. The van der Waals surface area contributed by atoms with Crippen molar-refractivity contribution < 1.29 is 19.1 Å². The maximum atomic E-state index is 12.5. The van der Waals surface area contributed by atoms with Crippen LogP contribution in [0.15, 0.2) is 36.7 Å². The van der Waals surface area contributed by atoms with Crippen molar-refractivity contribution in [2.45, 2.75) is 6.42 Å². The number of rotatable bonds is 5. The smallest absolute Gasteiger partial charge is 0.229 e. The molecule has 0 spiro atoms. The summed E-state index contributed by atoms with van der Waals surface area (Å²) in [6.45, 7) is 0.240. The van der Waals surface area contributed by atoms with E-state index in [1.54, 1.807) is 36.7 Å². The lowest BCUT2D eigenvalue weighted by Gasteiger charge is -2.21. The number of methoxy groups -OCH3 is 2. The molecule has 26 heavy (non-hydrogen) atoms. The summed E-state index contributed by atoms with van der Waals surface area (Å²) in [4.78, 5) is 30.4. The first-order chi connectivity index (χ1) is 12.5. The second kappa shape index (κ2) is 7.61. The monoisotopic (exact) mass is 375 g/mol. The molecule has 1 unspecified atom stereocenters. The molecule has 1 fully saturated rings. The Morgan fingerprint density at radius 1 is 1.31 bits per heavy atom. The molecular formula is C18H18ClN3O4. The molecule has 0 saturated carbocycles. The van der Waals surface area contributed by atoms with Gasteiger partial charge in [-0.2, -0.15) is 0 Å². The van der Waals surface area contributed by atoms with Gasteiger partial charge in [0.1, 0.15) is 11.5 Å². The van der Waals surface area contributed by atoms with E-state index in [0.29, 0.717) is 27.9 Å². The molecule has 7 nitrogen and oxygen atoms in total. The second-order valence-corrected chi connectivity index (χ2v) is 6.20. The maximum Gasteiger partial charge on any atom is 0.229 e. The Morgan fingerprint density at radius 3 is 2.73 bits per heavy atom. The molecular weight excluding hydrogens is 358 g/mol. The van der Waals surface area contributed by atoms with Crippen molar-refractivity contribution >= 4 is 34.8 Å². The van der Waals surface area contributed by atoms with Crippen LogP contribution in [0.3, 0.4) is 0 Å². The third-order valence-corrected chi connectivity index (χ3v) is 4.46. The van der Waals surface area contributed by atoms with E-state index in [2.05, 4.69) is 10.3 Å². The quantitative estimate of drug-likeness (QED) is 0.869. The van der Waals surface area contributed by atoms with E-state index in [-0.39, 0.29) is 24.8 Å². The molecule has 2 heterocycles. The molecule has 0 radical (unpaired) electrons. The SMILES string of the molecule is COc1cc(OC)c(N2CC(C(=O)Nc3cccnc3)CC2=O)cc1Cl. The summed E-state index contributed by atoms with van der Waals surface area (Å²) in [5, 5.41) is 3.14. The molecule has 1 N–H and O–H groups in total. The van der Waals surface area contributed by atoms with Crippen molar-refractivity contribution in [3.8, 4) is 11.5 Å². The van der Waals surface area contributed by atoms with Gasteiger partial charge in [0.05, 0.1) is 42.7 Å². The van der Waals surface area contributed by atoms with Gasteiger partial charge in [0, 0.05) is 25.2 Å². The molecule has 136 valence electrons. The van der Waals surface area contributed by atoms with Gasteiger partial charge < -0.3 is 19.7 Å². The molecule has 1 atom stereocenters. The molecule has 1 aromatic carbocycles. The summed E-state index contributed by atoms with van der Waals surface area (Å²) in [5.41, 5.74) is 1.11. The topological polar surface area (TPSA) is 80.8 Å². The molecule has 1 aliphatic heterocycles. The molecule has 8 heteroatoms. The summed E-state index contributed by atoms with van der Waals surface area (Å²) in [5.74, 6) is 0.0225. The van der Waals surface area contributed by atoms with Crippen LogP contribution >= 0.6 is 11.6 Å². The number of pyridine rings is 1. The molecule has 1 saturated heterocycles. The molecule has 2 amide bonds. The van der Waals surface area contributed by atoms with Crippen LogP contribution in [0.2, 0.25) is 5.02 Å². The number of anilines is 2. The van der Waals surface area contributed by atoms with Crippen LogP contribution < -0.4 is 19.7 Å². The molecule has 2 aromatic rings. The van der Waals surface area contributed by atoms with E-state index in [0.717, 1.165) is 0 Å². The average molecular weight is 376 g/mol. The van der Waals surface area contributed by atoms with Gasteiger partial charge in [0.15, 0.2) is 0 Å². The molecule has 1 aromatic heterocycles. The van der Waals surface area contributed by atoms with Gasteiger partial charge in [-0.05, 0) is 18.2 Å². The van der Waals surface area contributed by atoms with Crippen LogP contribution in [0.5, 0.6) is 11.5 Å². The first-order valence-electron chi connectivity index (χ1n) is 7.96. The minimum absolute atomic E-state index is 0.110. The molecule has 1 aliphatic rings. The number of benzene rings is 1. The van der Waals surface area contributed by atoms with Crippen molar-refractivity contribution in [1.29, 1.82) is 0 Å². The van der Waals surface area contributed by atoms with Crippen LogP contribution in [-0.2, 0) is 9.59 Å². The highest BCUT2D eigenvalue weighted by molar-refractivity contribution is 6.32. The van der Waals surface area contributed by atoms with Crippen LogP contribution in [0.25, 0.3) is 0 Å². The fraction of sp³-hybridized carbons (Fsp3) is 0.278. The zero-order valence-electron chi connectivity index (χ0n) is 14.4. The zero-order chi connectivity index (χ0) is 18.7. The third kappa shape index (κ3) is 3.57. The summed E-state index contributed by atoms with van der Waals surface area (Å²) in [6.07, 6.45) is 3.29. The predicted octanol–water partition coefficient (Wildman–Crippen LogP) is 2.74. The predicted molar refractivity (Wildman–Crippen MR) is 97.9 cm³/mol. The van der Waals surface area contributed by atoms with Gasteiger partial charge in [-0.15, -0.1) is 0 Å². The van der Waals surface area contributed by atoms with E-state index in [9.17, 15) is 9.59 Å². The molecule has 3 rings (SSSR count). The van der Waals surface area contributed by atoms with Crippen LogP contribution in [0.4, 0.5) is 11.4 Å². The van der Waals surface area contributed by atoms with E-state index in [1.807, 2.05) is 0 Å². The Morgan fingerprint density at radius 2 is 2.08 bits per heavy atom. The lowest BCUT2D eigenvalue weighted by Crippen LogP contribution is -2.28. The van der Waals surface area contributed by atoms with Crippen LogP contribution in [0.1, 0.15) is 6.42 Å². The first kappa shape index (κ1) is 18.0. The Labute approximate surface area is 155 Å². The van der Waals surface area contributed by atoms with Crippen LogP contribution in [-0.4, -0.2) is 37.6 Å². The van der Waals surface area contributed by atoms with Gasteiger partial charge in [-0.1, -0.05) is 11.6 Å². The maximum absolute atomic E-state index is 12.5. The summed E-state index contributed by atoms with van der Waals surface area (Å²) >= 11 is 6.19. The van der Waals surface area contributed by atoms with E-state index in [1.165, 1.54) is 19.1 Å². The lowest BCUT2D eigenvalue weighted by atomic mass is 10.1. The normalized spacial score (nSPS) is 16.5. The van der Waals surface area contributed by atoms with Gasteiger partial charge in [0.2, 0.25) is 11.8 Å². The van der Waals surface area contributed by atoms with Crippen molar-refractivity contribution in [1.82, 2.24) is 4.98 Å². The summed E-state index contributed by atoms with van der Waals surface area (Å²) in [6, 6.07) is 6.70. The fourth-order valence-corrected chi connectivity index (χ4v) is 3.09. The van der Waals surface area contributed by atoms with Crippen molar-refractivity contribution in [2.24, 2.45) is 5.92 Å². The number of halogens is 1. The van der Waals surface area contributed by atoms with Gasteiger partial charge in [-0.25, -0.2) is 0 Å². The Balaban J connectivity index is 1.80. The average Bonchev–Trinajstić information content (AvgIpc) is 3.04. The Bertz CT molecular complexity index is 829. The lowest BCUT2D eigenvalue weighted by molar-refractivity contribution is -0.122. The highest BCUT2D eigenvalue weighted by Crippen LogP contribution is 2.40. The van der Waals surface area contributed by atoms with E-state index >= 15 is 0 Å². The van der Waals surface area contributed by atoms with E-state index in [4.69, 9.17) is 21.1 Å². The number of carbonyl (C=O) groups excluding carboxylic acids is 2. The van der Waals surface area contributed by atoms with Crippen molar-refractivity contribution in [2.75, 3.05) is 31.0 Å².